The number of benzene rings is 1. The summed E-state index contributed by atoms with van der Waals surface area (Å²) in [7, 11) is 0. The van der Waals surface area contributed by atoms with Crippen LogP contribution in [0.2, 0.25) is 0 Å². The van der Waals surface area contributed by atoms with Crippen LogP contribution in [0.4, 0.5) is 9.18 Å². The van der Waals surface area contributed by atoms with E-state index in [4.69, 9.17) is 4.74 Å². The van der Waals surface area contributed by atoms with Crippen molar-refractivity contribution in [2.45, 2.75) is 44.1 Å². The van der Waals surface area contributed by atoms with Crippen molar-refractivity contribution in [3.8, 4) is 5.75 Å². The number of amides is 2. The molecule has 5 nitrogen and oxygen atoms in total. The van der Waals surface area contributed by atoms with Gasteiger partial charge >= 0.3 is 6.03 Å². The van der Waals surface area contributed by atoms with Crippen LogP contribution >= 0.6 is 0 Å². The minimum Gasteiger partial charge on any atom is -0.486 e. The molecule has 0 bridgehead atoms. The van der Waals surface area contributed by atoms with Crippen LogP contribution in [-0.4, -0.2) is 53.4 Å². The molecule has 134 valence electrons. The largest absolute Gasteiger partial charge is 0.486 e. The van der Waals surface area contributed by atoms with E-state index >= 15 is 0 Å². The minimum absolute atomic E-state index is 0.0726. The van der Waals surface area contributed by atoms with Crippen molar-refractivity contribution in [3.05, 3.63) is 29.6 Å². The molecule has 0 aliphatic carbocycles. The summed E-state index contributed by atoms with van der Waals surface area (Å²) in [6, 6.07) is 4.22. The number of halogens is 1. The Labute approximate surface area is 146 Å². The molecule has 2 fully saturated rings. The Morgan fingerprint density at radius 1 is 1.04 bits per heavy atom. The number of rotatable bonds is 0. The maximum atomic E-state index is 13.4. The monoisotopic (exact) mass is 346 g/mol. The van der Waals surface area contributed by atoms with Crippen molar-refractivity contribution in [1.82, 2.24) is 9.80 Å². The van der Waals surface area contributed by atoms with Gasteiger partial charge in [-0.25, -0.2) is 9.18 Å². The van der Waals surface area contributed by atoms with E-state index < -0.39 is 11.4 Å². The first-order valence-corrected chi connectivity index (χ1v) is 9.12. The number of carbonyl (C=O) groups is 2. The third-order valence-electron chi connectivity index (χ3n) is 5.62. The van der Waals surface area contributed by atoms with Crippen molar-refractivity contribution < 1.29 is 18.7 Å². The molecule has 1 spiro atoms. The first-order valence-electron chi connectivity index (χ1n) is 9.12. The second-order valence-electron chi connectivity index (χ2n) is 7.34. The zero-order valence-corrected chi connectivity index (χ0v) is 14.3. The van der Waals surface area contributed by atoms with Crippen molar-refractivity contribution >= 4 is 11.8 Å². The van der Waals surface area contributed by atoms with Crippen LogP contribution in [0.3, 0.4) is 0 Å². The molecule has 0 radical (unpaired) electrons. The number of likely N-dealkylation sites (tertiary alicyclic amines) is 2. The molecule has 3 aliphatic rings. The highest BCUT2D eigenvalue weighted by Gasteiger charge is 2.44. The molecule has 0 aromatic heterocycles. The first kappa shape index (κ1) is 16.4. The van der Waals surface area contributed by atoms with E-state index in [1.807, 2.05) is 9.80 Å². The van der Waals surface area contributed by atoms with Gasteiger partial charge in [-0.1, -0.05) is 0 Å². The molecule has 25 heavy (non-hydrogen) atoms. The van der Waals surface area contributed by atoms with Crippen LogP contribution < -0.4 is 4.74 Å². The van der Waals surface area contributed by atoms with Crippen LogP contribution in [0.1, 0.15) is 48.9 Å². The maximum absolute atomic E-state index is 13.4. The van der Waals surface area contributed by atoms with Gasteiger partial charge in [0.2, 0.25) is 0 Å². The molecule has 2 saturated heterocycles. The summed E-state index contributed by atoms with van der Waals surface area (Å²) in [6.07, 6.45) is 4.88. The molecule has 0 unspecified atom stereocenters. The lowest BCUT2D eigenvalue weighted by Crippen LogP contribution is -2.55. The van der Waals surface area contributed by atoms with Crippen LogP contribution in [-0.2, 0) is 0 Å². The molecule has 3 aliphatic heterocycles. The number of Topliss-reactive ketones (excluding diaryl/α,β-unsaturated/α-hetero) is 1. The lowest BCUT2D eigenvalue weighted by molar-refractivity contribution is -0.00427. The van der Waals surface area contributed by atoms with E-state index in [2.05, 4.69) is 0 Å². The molecule has 2 amide bonds. The summed E-state index contributed by atoms with van der Waals surface area (Å²) in [5, 5.41) is 0. The molecule has 0 atom stereocenters. The number of hydrogen-bond acceptors (Lipinski definition) is 3. The quantitative estimate of drug-likeness (QED) is 0.725. The lowest BCUT2D eigenvalue weighted by Gasteiger charge is -2.45. The van der Waals surface area contributed by atoms with Crippen molar-refractivity contribution in [2.24, 2.45) is 0 Å². The predicted molar refractivity (Wildman–Crippen MR) is 90.3 cm³/mol. The van der Waals surface area contributed by atoms with E-state index in [-0.39, 0.29) is 18.2 Å². The summed E-state index contributed by atoms with van der Waals surface area (Å²) >= 11 is 0. The molecular weight excluding hydrogens is 323 g/mol. The van der Waals surface area contributed by atoms with Crippen molar-refractivity contribution in [1.29, 1.82) is 0 Å². The number of hydrogen-bond donors (Lipinski definition) is 0. The fourth-order valence-corrected chi connectivity index (χ4v) is 4.14. The molecule has 1 aromatic carbocycles. The highest BCUT2D eigenvalue weighted by Crippen LogP contribution is 2.39. The Bertz CT molecular complexity index is 692. The molecule has 6 heteroatoms. The van der Waals surface area contributed by atoms with Gasteiger partial charge in [-0.2, -0.15) is 0 Å². The highest BCUT2D eigenvalue weighted by molar-refractivity contribution is 6.00. The lowest BCUT2D eigenvalue weighted by atomic mass is 9.82. The Morgan fingerprint density at radius 3 is 2.44 bits per heavy atom. The average molecular weight is 346 g/mol. The van der Waals surface area contributed by atoms with E-state index in [0.717, 1.165) is 25.9 Å². The van der Waals surface area contributed by atoms with Gasteiger partial charge in [0.05, 0.1) is 12.0 Å². The van der Waals surface area contributed by atoms with Gasteiger partial charge in [-0.15, -0.1) is 0 Å². The number of ether oxygens (including phenoxy) is 1. The van der Waals surface area contributed by atoms with Gasteiger partial charge in [0.1, 0.15) is 17.2 Å². The molecule has 4 rings (SSSR count). The summed E-state index contributed by atoms with van der Waals surface area (Å²) in [5.41, 5.74) is -0.224. The van der Waals surface area contributed by atoms with Crippen LogP contribution in [0.5, 0.6) is 5.75 Å². The Balaban J connectivity index is 1.44. The van der Waals surface area contributed by atoms with Crippen LogP contribution in [0.15, 0.2) is 18.2 Å². The Morgan fingerprint density at radius 2 is 1.72 bits per heavy atom. The second-order valence-corrected chi connectivity index (χ2v) is 7.34. The van der Waals surface area contributed by atoms with Crippen molar-refractivity contribution in [2.75, 3.05) is 26.2 Å². The van der Waals surface area contributed by atoms with Crippen molar-refractivity contribution in [3.63, 3.8) is 0 Å². The summed E-state index contributed by atoms with van der Waals surface area (Å²) in [5.74, 6) is -0.0291. The molecule has 3 heterocycles. The fourth-order valence-electron chi connectivity index (χ4n) is 4.14. The molecule has 0 saturated carbocycles. The zero-order valence-electron chi connectivity index (χ0n) is 14.3. The average Bonchev–Trinajstić information content (AvgIpc) is 2.63. The van der Waals surface area contributed by atoms with E-state index in [9.17, 15) is 14.0 Å². The van der Waals surface area contributed by atoms with E-state index in [1.54, 1.807) is 0 Å². The minimum atomic E-state index is -0.555. The number of fused-ring (bicyclic) bond motifs is 1. The van der Waals surface area contributed by atoms with Crippen LogP contribution in [0, 0.1) is 5.82 Å². The van der Waals surface area contributed by atoms with Gasteiger partial charge in [-0.05, 0) is 37.5 Å². The standard InChI is InChI=1S/C19H23FN2O3/c20-14-4-5-17-15(12-14)16(23)13-19(25-17)6-10-22(11-7-19)18(24)21-8-2-1-3-9-21/h4-5,12H,1-3,6-11,13H2. The van der Waals surface area contributed by atoms with E-state index in [1.165, 1.54) is 24.6 Å². The number of nitrogens with zero attached hydrogens (tertiary/aromatic N) is 2. The Hall–Kier alpha value is -2.11. The third kappa shape index (κ3) is 3.10. The van der Waals surface area contributed by atoms with Gasteiger partial charge in [-0.3, -0.25) is 4.79 Å². The van der Waals surface area contributed by atoms with Gasteiger partial charge in [0.15, 0.2) is 5.78 Å². The summed E-state index contributed by atoms with van der Waals surface area (Å²) in [6.45, 7) is 2.88. The number of ketones is 1. The molecule has 1 aromatic rings. The zero-order chi connectivity index (χ0) is 17.4. The third-order valence-corrected chi connectivity index (χ3v) is 5.62. The predicted octanol–water partition coefficient (Wildman–Crippen LogP) is 3.23. The molecular formula is C19H23FN2O3. The van der Waals surface area contributed by atoms with Gasteiger partial charge in [0.25, 0.3) is 0 Å². The van der Waals surface area contributed by atoms with Crippen LogP contribution in [0.25, 0.3) is 0 Å². The number of piperidine rings is 2. The Kier molecular flexibility index (Phi) is 4.13. The second kappa shape index (κ2) is 6.32. The van der Waals surface area contributed by atoms with E-state index in [0.29, 0.717) is 37.2 Å². The van der Waals surface area contributed by atoms with Gasteiger partial charge in [0, 0.05) is 39.0 Å². The maximum Gasteiger partial charge on any atom is 0.320 e. The smallest absolute Gasteiger partial charge is 0.320 e. The number of carbonyl (C=O) groups excluding carboxylic acids is 2. The first-order chi connectivity index (χ1) is 12.1. The fraction of sp³-hybridized carbons (Fsp3) is 0.579. The summed E-state index contributed by atoms with van der Waals surface area (Å²) < 4.78 is 19.5. The SMILES string of the molecule is O=C1CC2(CCN(C(=O)N3CCCCC3)CC2)Oc2ccc(F)cc21. The van der Waals surface area contributed by atoms with Gasteiger partial charge < -0.3 is 14.5 Å². The molecule has 0 N–H and O–H groups in total. The highest BCUT2D eigenvalue weighted by atomic mass is 19.1. The topological polar surface area (TPSA) is 49.9 Å². The summed E-state index contributed by atoms with van der Waals surface area (Å²) in [4.78, 5) is 28.9. The number of urea groups is 1. The normalized spacial score (nSPS) is 22.5.